The second kappa shape index (κ2) is 8.89. The zero-order valence-electron chi connectivity index (χ0n) is 20.7. The van der Waals surface area contributed by atoms with Gasteiger partial charge in [-0.05, 0) is 48.9 Å². The number of aromatic nitrogens is 3. The number of hydrogen-bond acceptors (Lipinski definition) is 4. The molecular formula is C27H29F2N3O4. The number of fused-ring (bicyclic) bond motifs is 2. The van der Waals surface area contributed by atoms with Crippen molar-refractivity contribution in [1.29, 1.82) is 0 Å². The number of carbonyl (C=O) groups is 1. The Morgan fingerprint density at radius 2 is 2.03 bits per heavy atom. The van der Waals surface area contributed by atoms with E-state index >= 15 is 4.39 Å². The number of hydrogen-bond donors (Lipinski definition) is 2. The lowest BCUT2D eigenvalue weighted by molar-refractivity contribution is -0.141. The fourth-order valence-electron chi connectivity index (χ4n) is 5.85. The first kappa shape index (κ1) is 24.2. The van der Waals surface area contributed by atoms with Gasteiger partial charge in [0.1, 0.15) is 5.52 Å². The molecule has 2 aromatic heterocycles. The second-order valence-electron chi connectivity index (χ2n) is 10.2. The monoisotopic (exact) mass is 497 g/mol. The normalized spacial score (nSPS) is 18.4. The molecular weight excluding hydrogens is 468 g/mol. The summed E-state index contributed by atoms with van der Waals surface area (Å²) in [5.41, 5.74) is 2.49. The zero-order valence-corrected chi connectivity index (χ0v) is 20.7. The maximum atomic E-state index is 16.2. The first-order valence-electron chi connectivity index (χ1n) is 11.9. The summed E-state index contributed by atoms with van der Waals surface area (Å²) in [7, 11) is 3.01. The Morgan fingerprint density at radius 3 is 2.69 bits per heavy atom. The fourth-order valence-corrected chi connectivity index (χ4v) is 5.85. The molecule has 2 atom stereocenters. The average molecular weight is 498 g/mol. The van der Waals surface area contributed by atoms with Gasteiger partial charge in [-0.15, -0.1) is 0 Å². The Balaban J connectivity index is 1.92. The standard InChI is InChI=1S/C27H29F2N3O4/c1-27(2,13-35-3)25-21(14-5-6-15(9-14)26(33)34)22-19(10-16-12-30-31-24(16)23(22)29)32(25)17-7-8-18(28)20(11-17)36-4/h7-8,10-12,14-15H,5-6,9,13H2,1-4H3,(H,30,31)(H,33,34)/t14-,15?/m1/s1. The number of aromatic amines is 1. The van der Waals surface area contributed by atoms with Gasteiger partial charge < -0.3 is 19.1 Å². The predicted octanol–water partition coefficient (Wildman–Crippen LogP) is 5.69. The molecule has 7 nitrogen and oxygen atoms in total. The van der Waals surface area contributed by atoms with E-state index in [1.165, 1.54) is 13.2 Å². The number of rotatable bonds is 7. The number of benzene rings is 2. The summed E-state index contributed by atoms with van der Waals surface area (Å²) in [5.74, 6) is -2.35. The summed E-state index contributed by atoms with van der Waals surface area (Å²) in [6.07, 6.45) is 3.13. The van der Waals surface area contributed by atoms with E-state index in [0.29, 0.717) is 53.4 Å². The molecule has 1 saturated carbocycles. The molecule has 1 fully saturated rings. The minimum absolute atomic E-state index is 0.0723. The summed E-state index contributed by atoms with van der Waals surface area (Å²) < 4.78 is 43.4. The maximum absolute atomic E-state index is 16.2. The summed E-state index contributed by atoms with van der Waals surface area (Å²) in [6.45, 7) is 4.37. The Labute approximate surface area is 207 Å². The van der Waals surface area contributed by atoms with Crippen LogP contribution in [0.4, 0.5) is 8.78 Å². The van der Waals surface area contributed by atoms with Gasteiger partial charge in [-0.2, -0.15) is 5.10 Å². The van der Waals surface area contributed by atoms with Crippen molar-refractivity contribution in [3.05, 3.63) is 53.4 Å². The second-order valence-corrected chi connectivity index (χ2v) is 10.2. The average Bonchev–Trinajstić information content (AvgIpc) is 3.57. The highest BCUT2D eigenvalue weighted by Crippen LogP contribution is 2.49. The SMILES string of the molecule is COCC(C)(C)c1c([C@@H]2CCC(C(=O)O)C2)c2c(F)c3[nH]ncc3cc2n1-c1ccc(F)c(OC)c1. The lowest BCUT2D eigenvalue weighted by Gasteiger charge is -2.29. The zero-order chi connectivity index (χ0) is 25.8. The number of ether oxygens (including phenoxy) is 2. The van der Waals surface area contributed by atoms with Gasteiger partial charge in [0.25, 0.3) is 0 Å². The van der Waals surface area contributed by atoms with Crippen LogP contribution in [-0.2, 0) is 14.9 Å². The predicted molar refractivity (Wildman–Crippen MR) is 132 cm³/mol. The van der Waals surface area contributed by atoms with E-state index in [1.807, 2.05) is 24.5 Å². The first-order chi connectivity index (χ1) is 17.2. The van der Waals surface area contributed by atoms with Crippen LogP contribution in [0, 0.1) is 17.6 Å². The van der Waals surface area contributed by atoms with Crippen LogP contribution in [0.25, 0.3) is 27.5 Å². The van der Waals surface area contributed by atoms with Crippen LogP contribution in [0.3, 0.4) is 0 Å². The number of nitrogens with one attached hydrogen (secondary N) is 1. The molecule has 36 heavy (non-hydrogen) atoms. The summed E-state index contributed by atoms with van der Waals surface area (Å²) in [4.78, 5) is 11.8. The minimum atomic E-state index is -0.835. The largest absolute Gasteiger partial charge is 0.494 e. The van der Waals surface area contributed by atoms with Gasteiger partial charge in [0.2, 0.25) is 0 Å². The van der Waals surface area contributed by atoms with Gasteiger partial charge in [-0.25, -0.2) is 8.78 Å². The highest BCUT2D eigenvalue weighted by molar-refractivity contribution is 6.00. The molecule has 4 aromatic rings. The summed E-state index contributed by atoms with van der Waals surface area (Å²) >= 11 is 0. The lowest BCUT2D eigenvalue weighted by atomic mass is 9.82. The van der Waals surface area contributed by atoms with Gasteiger partial charge in [0, 0.05) is 40.7 Å². The van der Waals surface area contributed by atoms with Crippen LogP contribution in [-0.4, -0.2) is 46.7 Å². The molecule has 0 saturated heterocycles. The van der Waals surface area contributed by atoms with Crippen molar-refractivity contribution in [3.8, 4) is 11.4 Å². The Bertz CT molecular complexity index is 1470. The van der Waals surface area contributed by atoms with E-state index < -0.39 is 28.9 Å². The van der Waals surface area contributed by atoms with Gasteiger partial charge in [0.15, 0.2) is 17.4 Å². The van der Waals surface area contributed by atoms with Gasteiger partial charge in [-0.3, -0.25) is 9.89 Å². The van der Waals surface area contributed by atoms with Crippen molar-refractivity contribution >= 4 is 27.8 Å². The summed E-state index contributed by atoms with van der Waals surface area (Å²) in [6, 6.07) is 6.43. The van der Waals surface area contributed by atoms with Crippen molar-refractivity contribution < 1.29 is 28.2 Å². The smallest absolute Gasteiger partial charge is 0.306 e. The Hall–Kier alpha value is -3.46. The van der Waals surface area contributed by atoms with Crippen LogP contribution in [0.2, 0.25) is 0 Å². The quantitative estimate of drug-likeness (QED) is 0.343. The highest BCUT2D eigenvalue weighted by atomic mass is 19.1. The molecule has 0 aliphatic heterocycles. The van der Waals surface area contributed by atoms with Crippen molar-refractivity contribution in [2.45, 2.75) is 44.4 Å². The maximum Gasteiger partial charge on any atom is 0.306 e. The van der Waals surface area contributed by atoms with E-state index in [2.05, 4.69) is 10.2 Å². The highest BCUT2D eigenvalue weighted by Gasteiger charge is 2.40. The van der Waals surface area contributed by atoms with Gasteiger partial charge in [-0.1, -0.05) is 13.8 Å². The molecule has 0 radical (unpaired) electrons. The fraction of sp³-hybridized carbons (Fsp3) is 0.407. The third-order valence-electron chi connectivity index (χ3n) is 7.37. The van der Waals surface area contributed by atoms with Crippen LogP contribution in [0.5, 0.6) is 5.75 Å². The number of H-pyrrole nitrogens is 1. The van der Waals surface area contributed by atoms with E-state index in [1.54, 1.807) is 25.4 Å². The Kier molecular flexibility index (Phi) is 5.98. The van der Waals surface area contributed by atoms with E-state index in [-0.39, 0.29) is 11.7 Å². The molecule has 9 heteroatoms. The van der Waals surface area contributed by atoms with Crippen LogP contribution < -0.4 is 4.74 Å². The Morgan fingerprint density at radius 1 is 1.25 bits per heavy atom. The molecule has 2 N–H and O–H groups in total. The van der Waals surface area contributed by atoms with Crippen LogP contribution >= 0.6 is 0 Å². The van der Waals surface area contributed by atoms with Crippen molar-refractivity contribution in [3.63, 3.8) is 0 Å². The number of carboxylic acid groups (broad SMARTS) is 1. The van der Waals surface area contributed by atoms with Crippen molar-refractivity contribution in [2.75, 3.05) is 20.8 Å². The van der Waals surface area contributed by atoms with E-state index in [4.69, 9.17) is 9.47 Å². The topological polar surface area (TPSA) is 89.4 Å². The van der Waals surface area contributed by atoms with Crippen molar-refractivity contribution in [1.82, 2.24) is 14.8 Å². The molecule has 0 spiro atoms. The van der Waals surface area contributed by atoms with Crippen LogP contribution in [0.15, 0.2) is 30.5 Å². The van der Waals surface area contributed by atoms with Gasteiger partial charge in [0.05, 0.1) is 31.3 Å². The molecule has 1 aliphatic carbocycles. The number of nitrogens with zero attached hydrogens (tertiary/aromatic N) is 2. The third-order valence-corrected chi connectivity index (χ3v) is 7.37. The van der Waals surface area contributed by atoms with E-state index in [9.17, 15) is 14.3 Å². The number of halogens is 2. The first-order valence-corrected chi connectivity index (χ1v) is 11.9. The molecule has 0 bridgehead atoms. The molecule has 2 aromatic carbocycles. The molecule has 2 heterocycles. The number of carboxylic acids is 1. The van der Waals surface area contributed by atoms with Crippen LogP contribution in [0.1, 0.15) is 50.3 Å². The molecule has 1 unspecified atom stereocenters. The van der Waals surface area contributed by atoms with E-state index in [0.717, 1.165) is 11.3 Å². The molecule has 1 aliphatic rings. The number of aliphatic carboxylic acids is 1. The number of methoxy groups -OCH3 is 2. The molecule has 5 rings (SSSR count). The molecule has 0 amide bonds. The van der Waals surface area contributed by atoms with Gasteiger partial charge >= 0.3 is 5.97 Å². The minimum Gasteiger partial charge on any atom is -0.494 e. The molecule has 190 valence electrons. The third kappa shape index (κ3) is 3.73. The summed E-state index contributed by atoms with van der Waals surface area (Å²) in [5, 5.41) is 17.5. The van der Waals surface area contributed by atoms with Crippen molar-refractivity contribution in [2.24, 2.45) is 5.92 Å². The lowest BCUT2D eigenvalue weighted by Crippen LogP contribution is -2.28.